The third-order valence-electron chi connectivity index (χ3n) is 6.15. The number of benzene rings is 2. The van der Waals surface area contributed by atoms with Gasteiger partial charge in [0.1, 0.15) is 11.5 Å². The molecule has 0 bridgehead atoms. The van der Waals surface area contributed by atoms with E-state index in [0.29, 0.717) is 24.9 Å². The Morgan fingerprint density at radius 2 is 1.03 bits per heavy atom. The second-order valence-corrected chi connectivity index (χ2v) is 11.9. The lowest BCUT2D eigenvalue weighted by atomic mass is 10.0. The molecule has 0 heterocycles. The van der Waals surface area contributed by atoms with Crippen LogP contribution in [0.5, 0.6) is 11.5 Å². The van der Waals surface area contributed by atoms with Crippen molar-refractivity contribution in [2.75, 3.05) is 26.3 Å². The van der Waals surface area contributed by atoms with E-state index < -0.39 is 0 Å². The molecule has 0 aliphatic rings. The molecule has 0 saturated carbocycles. The van der Waals surface area contributed by atoms with Gasteiger partial charge in [0.2, 0.25) is 0 Å². The van der Waals surface area contributed by atoms with Gasteiger partial charge in [-0.25, -0.2) is 0 Å². The maximum Gasteiger partial charge on any atom is 0.257 e. The summed E-state index contributed by atoms with van der Waals surface area (Å²) in [6, 6.07) is 11.7. The van der Waals surface area contributed by atoms with Crippen molar-refractivity contribution in [1.29, 1.82) is 0 Å². The number of ether oxygens (including phenoxy) is 2. The van der Waals surface area contributed by atoms with Crippen LogP contribution in [0, 0.1) is 0 Å². The number of hydrogen-bond donors (Lipinski definition) is 2. The number of carbonyl (C=O) groups is 2. The first-order valence-electron chi connectivity index (χ1n) is 13.5. The lowest BCUT2D eigenvalue weighted by Crippen LogP contribution is -2.30. The zero-order valence-electron chi connectivity index (χ0n) is 23.1. The Morgan fingerprint density at radius 3 is 1.39 bits per heavy atom. The molecule has 2 rings (SSSR count). The molecule has 38 heavy (non-hydrogen) atoms. The minimum atomic E-state index is -0.0945. The number of halogens is 2. The van der Waals surface area contributed by atoms with E-state index in [0.717, 1.165) is 70.1 Å². The van der Waals surface area contributed by atoms with Crippen LogP contribution in [-0.4, -0.2) is 38.1 Å². The number of nitrogens with one attached hydrogen (secondary N) is 2. The van der Waals surface area contributed by atoms with Crippen LogP contribution < -0.4 is 20.1 Å². The van der Waals surface area contributed by atoms with Crippen LogP contribution in [0.25, 0.3) is 0 Å². The SMILES string of the molecule is CC(C)c1cc(Br)ccc1OCC(=O)NCCCCCCCCNC(=O)COc1ccc(Br)cc1C(C)C. The summed E-state index contributed by atoms with van der Waals surface area (Å²) in [6.07, 6.45) is 6.25. The summed E-state index contributed by atoms with van der Waals surface area (Å²) in [4.78, 5) is 24.2. The van der Waals surface area contributed by atoms with E-state index in [1.54, 1.807) is 0 Å². The van der Waals surface area contributed by atoms with Crippen LogP contribution in [0.2, 0.25) is 0 Å². The van der Waals surface area contributed by atoms with Gasteiger partial charge in [-0.2, -0.15) is 0 Å². The van der Waals surface area contributed by atoms with Crippen molar-refractivity contribution in [2.45, 2.75) is 78.1 Å². The molecule has 2 aromatic rings. The minimum absolute atomic E-state index is 0.0279. The molecule has 2 N–H and O–H groups in total. The molecule has 0 aliphatic heterocycles. The average Bonchev–Trinajstić information content (AvgIpc) is 2.88. The molecule has 0 radical (unpaired) electrons. The van der Waals surface area contributed by atoms with E-state index in [2.05, 4.69) is 70.2 Å². The molecule has 6 nitrogen and oxygen atoms in total. The van der Waals surface area contributed by atoms with Gasteiger partial charge in [-0.3, -0.25) is 9.59 Å². The molecule has 0 saturated heterocycles. The van der Waals surface area contributed by atoms with E-state index >= 15 is 0 Å². The van der Waals surface area contributed by atoms with Crippen molar-refractivity contribution in [3.63, 3.8) is 0 Å². The van der Waals surface area contributed by atoms with Crippen molar-refractivity contribution >= 4 is 43.7 Å². The van der Waals surface area contributed by atoms with E-state index in [-0.39, 0.29) is 25.0 Å². The largest absolute Gasteiger partial charge is 0.483 e. The first-order chi connectivity index (χ1) is 18.2. The average molecular weight is 654 g/mol. The quantitative estimate of drug-likeness (QED) is 0.174. The molecule has 2 amide bonds. The number of hydrogen-bond acceptors (Lipinski definition) is 4. The van der Waals surface area contributed by atoms with Crippen molar-refractivity contribution in [2.24, 2.45) is 0 Å². The molecule has 0 aromatic heterocycles. The molecule has 8 heteroatoms. The fourth-order valence-electron chi connectivity index (χ4n) is 4.01. The molecule has 210 valence electrons. The second-order valence-electron chi connectivity index (χ2n) is 10.1. The monoisotopic (exact) mass is 652 g/mol. The van der Waals surface area contributed by atoms with Gasteiger partial charge in [0.25, 0.3) is 11.8 Å². The Morgan fingerprint density at radius 1 is 0.658 bits per heavy atom. The number of rotatable bonds is 17. The van der Waals surface area contributed by atoms with Gasteiger partial charge in [-0.15, -0.1) is 0 Å². The van der Waals surface area contributed by atoms with Crippen LogP contribution in [-0.2, 0) is 9.59 Å². The lowest BCUT2D eigenvalue weighted by Gasteiger charge is -2.14. The second kappa shape index (κ2) is 17.5. The number of carbonyl (C=O) groups excluding carboxylic acids is 2. The summed E-state index contributed by atoms with van der Waals surface area (Å²) in [5.74, 6) is 1.96. The molecule has 0 aliphatic carbocycles. The molecule has 0 atom stereocenters. The Hall–Kier alpha value is -2.06. The number of amides is 2. The summed E-state index contributed by atoms with van der Waals surface area (Å²) in [7, 11) is 0. The van der Waals surface area contributed by atoms with Crippen molar-refractivity contribution in [3.8, 4) is 11.5 Å². The third-order valence-corrected chi connectivity index (χ3v) is 7.14. The number of unbranched alkanes of at least 4 members (excludes halogenated alkanes) is 5. The molecule has 0 unspecified atom stereocenters. The van der Waals surface area contributed by atoms with E-state index in [1.807, 2.05) is 36.4 Å². The van der Waals surface area contributed by atoms with Gasteiger partial charge in [0.15, 0.2) is 13.2 Å². The first kappa shape index (κ1) is 32.2. The van der Waals surface area contributed by atoms with Crippen LogP contribution in [0.4, 0.5) is 0 Å². The first-order valence-corrected chi connectivity index (χ1v) is 15.1. The maximum absolute atomic E-state index is 12.1. The molecule has 2 aromatic carbocycles. The smallest absolute Gasteiger partial charge is 0.257 e. The highest BCUT2D eigenvalue weighted by Gasteiger charge is 2.12. The Bertz CT molecular complexity index is 946. The highest BCUT2D eigenvalue weighted by Crippen LogP contribution is 2.30. The Kier molecular flexibility index (Phi) is 14.8. The summed E-state index contributed by atoms with van der Waals surface area (Å²) in [6.45, 7) is 9.80. The zero-order chi connectivity index (χ0) is 27.9. The fourth-order valence-corrected chi connectivity index (χ4v) is 4.76. The van der Waals surface area contributed by atoms with Gasteiger partial charge in [-0.05, 0) is 72.2 Å². The predicted molar refractivity (Wildman–Crippen MR) is 161 cm³/mol. The Balaban J connectivity index is 1.47. The summed E-state index contributed by atoms with van der Waals surface area (Å²) < 4.78 is 13.5. The van der Waals surface area contributed by atoms with Gasteiger partial charge in [-0.1, -0.05) is 85.2 Å². The van der Waals surface area contributed by atoms with Gasteiger partial charge in [0.05, 0.1) is 0 Å². The van der Waals surface area contributed by atoms with E-state index in [9.17, 15) is 9.59 Å². The minimum Gasteiger partial charge on any atom is -0.483 e. The molecular weight excluding hydrogens is 612 g/mol. The van der Waals surface area contributed by atoms with Crippen LogP contribution in [0.3, 0.4) is 0 Å². The summed E-state index contributed by atoms with van der Waals surface area (Å²) in [5, 5.41) is 5.88. The van der Waals surface area contributed by atoms with E-state index in [1.165, 1.54) is 0 Å². The van der Waals surface area contributed by atoms with Crippen molar-refractivity contribution in [3.05, 3.63) is 56.5 Å². The predicted octanol–water partition coefficient (Wildman–Crippen LogP) is 7.49. The van der Waals surface area contributed by atoms with Gasteiger partial charge in [0, 0.05) is 22.0 Å². The standard InChI is InChI=1S/C30H42Br2N2O4/c1-21(2)25-17-23(31)11-13-27(25)37-19-29(35)33-15-9-7-5-6-8-10-16-34-30(36)20-38-28-14-12-24(32)18-26(28)22(3)4/h11-14,17-18,21-22H,5-10,15-16,19-20H2,1-4H3,(H,33,35)(H,34,36). The van der Waals surface area contributed by atoms with Crippen molar-refractivity contribution < 1.29 is 19.1 Å². The van der Waals surface area contributed by atoms with Gasteiger partial charge >= 0.3 is 0 Å². The summed E-state index contributed by atoms with van der Waals surface area (Å²) in [5.41, 5.74) is 2.17. The third kappa shape index (κ3) is 12.2. The molecule has 0 fully saturated rings. The lowest BCUT2D eigenvalue weighted by molar-refractivity contribution is -0.123. The van der Waals surface area contributed by atoms with E-state index in [4.69, 9.17) is 9.47 Å². The van der Waals surface area contributed by atoms with Crippen LogP contribution in [0.1, 0.15) is 89.2 Å². The normalized spacial score (nSPS) is 11.1. The topological polar surface area (TPSA) is 76.7 Å². The Labute approximate surface area is 244 Å². The van der Waals surface area contributed by atoms with Crippen LogP contribution >= 0.6 is 31.9 Å². The van der Waals surface area contributed by atoms with Crippen LogP contribution in [0.15, 0.2) is 45.3 Å². The fraction of sp³-hybridized carbons (Fsp3) is 0.533. The molecular formula is C30H42Br2N2O4. The molecule has 0 spiro atoms. The maximum atomic E-state index is 12.1. The highest BCUT2D eigenvalue weighted by molar-refractivity contribution is 9.10. The van der Waals surface area contributed by atoms with Crippen molar-refractivity contribution in [1.82, 2.24) is 10.6 Å². The summed E-state index contributed by atoms with van der Waals surface area (Å²) >= 11 is 6.97. The van der Waals surface area contributed by atoms with Gasteiger partial charge < -0.3 is 20.1 Å². The zero-order valence-corrected chi connectivity index (χ0v) is 26.3. The highest BCUT2D eigenvalue weighted by atomic mass is 79.9.